The molecule has 0 aromatic rings. The molecule has 1 aliphatic heterocycles. The fourth-order valence-electron chi connectivity index (χ4n) is 0.857. The summed E-state index contributed by atoms with van der Waals surface area (Å²) in [5.74, 6) is -1.20. The van der Waals surface area contributed by atoms with E-state index in [0.717, 1.165) is 0 Å². The van der Waals surface area contributed by atoms with E-state index >= 15 is 0 Å². The normalized spacial score (nSPS) is 17.0. The maximum atomic E-state index is 11.2. The van der Waals surface area contributed by atoms with Gasteiger partial charge in [-0.15, -0.1) is 12.4 Å². The van der Waals surface area contributed by atoms with Crippen LogP contribution in [0.25, 0.3) is 0 Å². The minimum absolute atomic E-state index is 0. The van der Waals surface area contributed by atoms with Crippen LogP contribution in [0.3, 0.4) is 0 Å². The first-order valence-corrected chi connectivity index (χ1v) is 5.27. The Bertz CT molecular complexity index is 272. The van der Waals surface area contributed by atoms with E-state index in [4.69, 9.17) is 0 Å². The Kier molecular flexibility index (Phi) is 4.66. The van der Waals surface area contributed by atoms with E-state index in [2.05, 4.69) is 10.1 Å². The number of ether oxygens (including phenoxy) is 1. The molecule has 0 spiro atoms. The van der Waals surface area contributed by atoms with Gasteiger partial charge in [0.05, 0.1) is 12.4 Å². The smallest absolute Gasteiger partial charge is 0.320 e. The molecule has 78 valence electrons. The van der Waals surface area contributed by atoms with Crippen LogP contribution < -0.4 is 5.32 Å². The van der Waals surface area contributed by atoms with E-state index in [-0.39, 0.29) is 12.4 Å². The van der Waals surface area contributed by atoms with Crippen LogP contribution in [-0.2, 0) is 19.4 Å². The average molecular weight is 230 g/mol. The summed E-state index contributed by atoms with van der Waals surface area (Å²) in [6, 6.07) is 0. The summed E-state index contributed by atoms with van der Waals surface area (Å²) < 4.78 is 26.7. The lowest BCUT2D eigenvalue weighted by molar-refractivity contribution is -0.137. The standard InChI is InChI=1S/C6H11NO4S.ClH/c1-11-6(8)4-12(9,10)5-2-7-3-5;/h5,7H,2-4H2,1H3;1H. The summed E-state index contributed by atoms with van der Waals surface area (Å²) in [5, 5.41) is 2.42. The van der Waals surface area contributed by atoms with Crippen molar-refractivity contribution in [3.8, 4) is 0 Å². The van der Waals surface area contributed by atoms with E-state index in [1.54, 1.807) is 0 Å². The van der Waals surface area contributed by atoms with Gasteiger partial charge in [0.2, 0.25) is 0 Å². The van der Waals surface area contributed by atoms with E-state index in [0.29, 0.717) is 13.1 Å². The highest BCUT2D eigenvalue weighted by Crippen LogP contribution is 2.07. The highest BCUT2D eigenvalue weighted by atomic mass is 35.5. The quantitative estimate of drug-likeness (QED) is 0.627. The van der Waals surface area contributed by atoms with Crippen LogP contribution in [0.4, 0.5) is 0 Å². The van der Waals surface area contributed by atoms with Gasteiger partial charge in [0.1, 0.15) is 5.75 Å². The monoisotopic (exact) mass is 229 g/mol. The first kappa shape index (κ1) is 12.7. The molecule has 7 heteroatoms. The largest absolute Gasteiger partial charge is 0.468 e. The fraction of sp³-hybridized carbons (Fsp3) is 0.833. The molecule has 0 aromatic carbocycles. The number of carbonyl (C=O) groups excluding carboxylic acids is 1. The van der Waals surface area contributed by atoms with E-state index < -0.39 is 26.8 Å². The molecule has 1 aliphatic rings. The highest BCUT2D eigenvalue weighted by Gasteiger charge is 2.32. The Morgan fingerprint density at radius 3 is 2.38 bits per heavy atom. The molecule has 0 aliphatic carbocycles. The minimum Gasteiger partial charge on any atom is -0.468 e. The van der Waals surface area contributed by atoms with Crippen molar-refractivity contribution in [2.24, 2.45) is 0 Å². The van der Waals surface area contributed by atoms with Crippen LogP contribution in [0.2, 0.25) is 0 Å². The third-order valence-electron chi connectivity index (χ3n) is 1.80. The number of methoxy groups -OCH3 is 1. The fourth-order valence-corrected chi connectivity index (χ4v) is 2.28. The molecule has 0 bridgehead atoms. The second-order valence-electron chi connectivity index (χ2n) is 2.66. The van der Waals surface area contributed by atoms with Gasteiger partial charge in [-0.2, -0.15) is 0 Å². The first-order valence-electron chi connectivity index (χ1n) is 3.55. The molecule has 1 heterocycles. The summed E-state index contributed by atoms with van der Waals surface area (Å²) in [6.07, 6.45) is 0. The number of carbonyl (C=O) groups is 1. The van der Waals surface area contributed by atoms with Gasteiger partial charge in [0, 0.05) is 13.1 Å². The maximum Gasteiger partial charge on any atom is 0.320 e. The molecule has 1 fully saturated rings. The van der Waals surface area contributed by atoms with E-state index in [9.17, 15) is 13.2 Å². The number of rotatable bonds is 3. The van der Waals surface area contributed by atoms with Gasteiger partial charge in [0.15, 0.2) is 9.84 Å². The van der Waals surface area contributed by atoms with Gasteiger partial charge in [-0.3, -0.25) is 4.79 Å². The Labute approximate surface area is 83.2 Å². The molecule has 0 atom stereocenters. The molecule has 1 saturated heterocycles. The van der Waals surface area contributed by atoms with Crippen LogP contribution >= 0.6 is 12.4 Å². The predicted molar refractivity (Wildman–Crippen MR) is 49.7 cm³/mol. The van der Waals surface area contributed by atoms with Crippen molar-refractivity contribution in [3.63, 3.8) is 0 Å². The number of sulfone groups is 1. The Balaban J connectivity index is 0.00000144. The zero-order valence-corrected chi connectivity index (χ0v) is 8.78. The molecule has 5 nitrogen and oxygen atoms in total. The van der Waals surface area contributed by atoms with Gasteiger partial charge >= 0.3 is 5.97 Å². The topological polar surface area (TPSA) is 72.5 Å². The summed E-state index contributed by atoms with van der Waals surface area (Å²) in [6.45, 7) is 0.888. The first-order chi connectivity index (χ1) is 5.56. The molecular weight excluding hydrogens is 218 g/mol. The van der Waals surface area contributed by atoms with Crippen LogP contribution in [-0.4, -0.2) is 45.6 Å². The Morgan fingerprint density at radius 1 is 1.54 bits per heavy atom. The summed E-state index contributed by atoms with van der Waals surface area (Å²) >= 11 is 0. The summed E-state index contributed by atoms with van der Waals surface area (Å²) in [7, 11) is -2.09. The van der Waals surface area contributed by atoms with Crippen molar-refractivity contribution in [2.45, 2.75) is 5.25 Å². The lowest BCUT2D eigenvalue weighted by Crippen LogP contribution is -2.52. The minimum atomic E-state index is -3.27. The predicted octanol–water partition coefficient (Wildman–Crippen LogP) is -1.03. The second-order valence-corrected chi connectivity index (χ2v) is 4.94. The number of nitrogens with one attached hydrogen (secondary N) is 1. The van der Waals surface area contributed by atoms with Gasteiger partial charge in [-0.1, -0.05) is 0 Å². The van der Waals surface area contributed by atoms with Gasteiger partial charge < -0.3 is 10.1 Å². The van der Waals surface area contributed by atoms with Crippen molar-refractivity contribution in [2.75, 3.05) is 26.0 Å². The third kappa shape index (κ3) is 3.13. The van der Waals surface area contributed by atoms with Crippen molar-refractivity contribution < 1.29 is 17.9 Å². The number of hydrogen-bond donors (Lipinski definition) is 1. The number of esters is 1. The van der Waals surface area contributed by atoms with Crippen LogP contribution in [0, 0.1) is 0 Å². The summed E-state index contributed by atoms with van der Waals surface area (Å²) in [4.78, 5) is 10.7. The third-order valence-corrected chi connectivity index (χ3v) is 3.79. The molecular formula is C6H12ClNO4S. The zero-order valence-electron chi connectivity index (χ0n) is 7.15. The van der Waals surface area contributed by atoms with E-state index in [1.807, 2.05) is 0 Å². The highest BCUT2D eigenvalue weighted by molar-refractivity contribution is 7.92. The van der Waals surface area contributed by atoms with Crippen molar-refractivity contribution in [1.82, 2.24) is 5.32 Å². The van der Waals surface area contributed by atoms with Crippen molar-refractivity contribution in [1.29, 1.82) is 0 Å². The molecule has 0 saturated carbocycles. The summed E-state index contributed by atoms with van der Waals surface area (Å²) in [5.41, 5.74) is 0. The van der Waals surface area contributed by atoms with Crippen molar-refractivity contribution in [3.05, 3.63) is 0 Å². The molecule has 13 heavy (non-hydrogen) atoms. The molecule has 0 unspecified atom stereocenters. The van der Waals surface area contributed by atoms with Crippen LogP contribution in [0.1, 0.15) is 0 Å². The second kappa shape index (κ2) is 4.78. The van der Waals surface area contributed by atoms with Crippen LogP contribution in [0.15, 0.2) is 0 Å². The molecule has 0 radical (unpaired) electrons. The number of halogens is 1. The SMILES string of the molecule is COC(=O)CS(=O)(=O)C1CNC1.Cl. The number of hydrogen-bond acceptors (Lipinski definition) is 5. The molecule has 0 amide bonds. The van der Waals surface area contributed by atoms with Gasteiger partial charge in [-0.25, -0.2) is 8.42 Å². The van der Waals surface area contributed by atoms with Gasteiger partial charge in [-0.05, 0) is 0 Å². The average Bonchev–Trinajstić information content (AvgIpc) is 1.80. The lowest BCUT2D eigenvalue weighted by atomic mass is 10.3. The molecule has 1 N–H and O–H groups in total. The Morgan fingerprint density at radius 2 is 2.08 bits per heavy atom. The lowest BCUT2D eigenvalue weighted by Gasteiger charge is -2.26. The van der Waals surface area contributed by atoms with Crippen molar-refractivity contribution >= 4 is 28.2 Å². The Hall–Kier alpha value is -0.330. The van der Waals surface area contributed by atoms with E-state index in [1.165, 1.54) is 7.11 Å². The molecule has 1 rings (SSSR count). The molecule has 0 aromatic heterocycles. The van der Waals surface area contributed by atoms with Gasteiger partial charge in [0.25, 0.3) is 0 Å². The zero-order chi connectivity index (χ0) is 9.19. The maximum absolute atomic E-state index is 11.2. The van der Waals surface area contributed by atoms with Crippen LogP contribution in [0.5, 0.6) is 0 Å².